The smallest absolute Gasteiger partial charge is 0.335 e. The quantitative estimate of drug-likeness (QED) is 0.459. The second kappa shape index (κ2) is 7.87. The minimum atomic E-state index is -4.60. The summed E-state index contributed by atoms with van der Waals surface area (Å²) < 4.78 is 40.4. The van der Waals surface area contributed by atoms with Crippen LogP contribution in [0.1, 0.15) is 39.0 Å². The van der Waals surface area contributed by atoms with Crippen LogP contribution in [0.4, 0.5) is 18.0 Å². The van der Waals surface area contributed by atoms with Crippen LogP contribution in [0.15, 0.2) is 0 Å². The molecule has 0 aromatic rings. The first kappa shape index (κ1) is 18.6. The van der Waals surface area contributed by atoms with Crippen molar-refractivity contribution in [1.29, 1.82) is 0 Å². The van der Waals surface area contributed by atoms with E-state index in [9.17, 15) is 18.0 Å². The third-order valence-corrected chi connectivity index (χ3v) is 4.25. The van der Waals surface area contributed by atoms with Crippen LogP contribution in [0.3, 0.4) is 0 Å². The van der Waals surface area contributed by atoms with Crippen molar-refractivity contribution in [3.63, 3.8) is 0 Å². The fourth-order valence-corrected chi connectivity index (χ4v) is 3.31. The fraction of sp³-hybridized carbons (Fsp3) is 0.923. The maximum atomic E-state index is 12.1. The molecule has 134 valence electrons. The Balaban J connectivity index is 1.68. The number of halogens is 4. The molecule has 4 N–H and O–H groups in total. The predicted molar refractivity (Wildman–Crippen MR) is 78.6 cm³/mol. The van der Waals surface area contributed by atoms with Gasteiger partial charge < -0.3 is 10.6 Å². The molecule has 1 saturated heterocycles. The lowest BCUT2D eigenvalue weighted by atomic mass is 9.93. The Labute approximate surface area is 137 Å². The molecular weight excluding hydrogens is 337 g/mol. The molecule has 0 bridgehead atoms. The number of carbonyl (C=O) groups is 1. The average Bonchev–Trinajstić information content (AvgIpc) is 2.38. The normalized spacial score (nSPS) is 35.6. The Kier molecular flexibility index (Phi) is 6.35. The number of hydrogen-bond acceptors (Lipinski definition) is 4. The molecular formula is C13H22ClF3N4O2. The van der Waals surface area contributed by atoms with E-state index >= 15 is 0 Å². The number of alkyl halides is 4. The van der Waals surface area contributed by atoms with E-state index in [1.54, 1.807) is 0 Å². The zero-order chi connectivity index (χ0) is 17.0. The molecule has 0 aromatic heterocycles. The zero-order valence-corrected chi connectivity index (χ0v) is 13.5. The largest absolute Gasteiger partial charge is 0.522 e. The van der Waals surface area contributed by atoms with E-state index in [1.165, 1.54) is 0 Å². The van der Waals surface area contributed by atoms with Gasteiger partial charge in [-0.05, 0) is 39.0 Å². The number of rotatable bonds is 3. The molecule has 0 aromatic carbocycles. The highest BCUT2D eigenvalue weighted by molar-refractivity contribution is 6.20. The Morgan fingerprint density at radius 3 is 2.39 bits per heavy atom. The molecule has 10 heteroatoms. The molecule has 3 unspecified atom stereocenters. The molecule has 2 fully saturated rings. The van der Waals surface area contributed by atoms with Gasteiger partial charge in [0.2, 0.25) is 0 Å². The highest BCUT2D eigenvalue weighted by Crippen LogP contribution is 2.27. The summed E-state index contributed by atoms with van der Waals surface area (Å²) in [7, 11) is 0. The SMILES string of the molecule is CC1CC(Cl)NC(NC(=O)NC2CCC(OC(F)(F)F)CC2)N1. The van der Waals surface area contributed by atoms with E-state index in [4.69, 9.17) is 11.6 Å². The monoisotopic (exact) mass is 358 g/mol. The van der Waals surface area contributed by atoms with Crippen LogP contribution in [-0.4, -0.2) is 42.4 Å². The summed E-state index contributed by atoms with van der Waals surface area (Å²) in [6.07, 6.45) is -3.68. The highest BCUT2D eigenvalue weighted by Gasteiger charge is 2.35. The van der Waals surface area contributed by atoms with Crippen LogP contribution in [0.5, 0.6) is 0 Å². The fourth-order valence-electron chi connectivity index (χ4n) is 2.92. The molecule has 2 rings (SSSR count). The Morgan fingerprint density at radius 1 is 1.17 bits per heavy atom. The first-order valence-electron chi connectivity index (χ1n) is 7.69. The number of nitrogens with one attached hydrogen (secondary N) is 4. The standard InChI is InChI=1S/C13H22ClF3N4O2/c1-7-6-10(14)20-11(18-7)21-12(22)19-8-2-4-9(5-3-8)23-13(15,16)17/h7-11,18,20H,2-6H2,1H3,(H2,19,21,22). The zero-order valence-electron chi connectivity index (χ0n) is 12.8. The van der Waals surface area contributed by atoms with E-state index in [2.05, 4.69) is 26.0 Å². The van der Waals surface area contributed by atoms with Gasteiger partial charge in [0.15, 0.2) is 0 Å². The third-order valence-electron chi connectivity index (χ3n) is 3.94. The van der Waals surface area contributed by atoms with E-state index in [-0.39, 0.29) is 36.5 Å². The summed E-state index contributed by atoms with van der Waals surface area (Å²) in [5, 5.41) is 11.6. The lowest BCUT2D eigenvalue weighted by molar-refractivity contribution is -0.345. The molecule has 1 heterocycles. The molecule has 1 aliphatic heterocycles. The summed E-state index contributed by atoms with van der Waals surface area (Å²) in [5.41, 5.74) is -0.230. The first-order chi connectivity index (χ1) is 10.7. The van der Waals surface area contributed by atoms with Gasteiger partial charge in [-0.25, -0.2) is 4.79 Å². The molecule has 6 nitrogen and oxygen atoms in total. The minimum Gasteiger partial charge on any atom is -0.335 e. The molecule has 1 aliphatic carbocycles. The Morgan fingerprint density at radius 2 is 1.83 bits per heavy atom. The predicted octanol–water partition coefficient (Wildman–Crippen LogP) is 1.95. The van der Waals surface area contributed by atoms with Crippen LogP contribution in [0.2, 0.25) is 0 Å². The first-order valence-corrected chi connectivity index (χ1v) is 8.12. The van der Waals surface area contributed by atoms with Crippen molar-refractivity contribution in [3.05, 3.63) is 0 Å². The summed E-state index contributed by atoms with van der Waals surface area (Å²) >= 11 is 6.02. The van der Waals surface area contributed by atoms with E-state index in [0.717, 1.165) is 6.42 Å². The van der Waals surface area contributed by atoms with Crippen molar-refractivity contribution in [2.24, 2.45) is 0 Å². The number of amides is 2. The van der Waals surface area contributed by atoms with Crippen molar-refractivity contribution >= 4 is 17.6 Å². The van der Waals surface area contributed by atoms with Crippen LogP contribution >= 0.6 is 11.6 Å². The van der Waals surface area contributed by atoms with Gasteiger partial charge in [-0.15, -0.1) is 24.8 Å². The third kappa shape index (κ3) is 6.70. The van der Waals surface area contributed by atoms with Crippen LogP contribution in [-0.2, 0) is 4.74 Å². The van der Waals surface area contributed by atoms with Gasteiger partial charge in [0, 0.05) is 12.1 Å². The lowest BCUT2D eigenvalue weighted by Crippen LogP contribution is -2.65. The molecule has 0 spiro atoms. The van der Waals surface area contributed by atoms with E-state index in [0.29, 0.717) is 12.8 Å². The summed E-state index contributed by atoms with van der Waals surface area (Å²) in [4.78, 5) is 11.9. The summed E-state index contributed by atoms with van der Waals surface area (Å²) in [6.45, 7) is 1.96. The molecule has 1 saturated carbocycles. The van der Waals surface area contributed by atoms with Gasteiger partial charge in [0.25, 0.3) is 0 Å². The van der Waals surface area contributed by atoms with E-state index < -0.39 is 18.8 Å². The average molecular weight is 359 g/mol. The van der Waals surface area contributed by atoms with Gasteiger partial charge in [-0.1, -0.05) is 0 Å². The van der Waals surface area contributed by atoms with Gasteiger partial charge >= 0.3 is 12.4 Å². The maximum absolute atomic E-state index is 12.1. The van der Waals surface area contributed by atoms with Crippen molar-refractivity contribution < 1.29 is 22.7 Å². The van der Waals surface area contributed by atoms with Gasteiger partial charge in [-0.2, -0.15) is 0 Å². The van der Waals surface area contributed by atoms with Crippen molar-refractivity contribution in [2.45, 2.75) is 75.4 Å². The van der Waals surface area contributed by atoms with E-state index in [1.807, 2.05) is 6.92 Å². The molecule has 3 atom stereocenters. The van der Waals surface area contributed by atoms with Crippen LogP contribution in [0.25, 0.3) is 0 Å². The molecule has 23 heavy (non-hydrogen) atoms. The van der Waals surface area contributed by atoms with Crippen molar-refractivity contribution in [1.82, 2.24) is 21.3 Å². The summed E-state index contributed by atoms with van der Waals surface area (Å²) in [6, 6.07) is -0.372. The lowest BCUT2D eigenvalue weighted by Gasteiger charge is -2.34. The second-order valence-corrected chi connectivity index (χ2v) is 6.55. The number of ether oxygens (including phenoxy) is 1. The topological polar surface area (TPSA) is 74.4 Å². The van der Waals surface area contributed by atoms with Crippen molar-refractivity contribution in [3.8, 4) is 0 Å². The maximum Gasteiger partial charge on any atom is 0.522 e. The van der Waals surface area contributed by atoms with Gasteiger partial charge in [0.1, 0.15) is 6.29 Å². The molecule has 2 aliphatic rings. The second-order valence-electron chi connectivity index (χ2n) is 6.03. The number of carbonyl (C=O) groups excluding carboxylic acids is 1. The Hall–Kier alpha value is -0.770. The van der Waals surface area contributed by atoms with Crippen LogP contribution < -0.4 is 21.3 Å². The minimum absolute atomic E-state index is 0.157. The van der Waals surface area contributed by atoms with Crippen LogP contribution in [0, 0.1) is 0 Å². The van der Waals surface area contributed by atoms with Crippen molar-refractivity contribution in [2.75, 3.05) is 0 Å². The van der Waals surface area contributed by atoms with Gasteiger partial charge in [-0.3, -0.25) is 15.4 Å². The Bertz CT molecular complexity index is 395. The summed E-state index contributed by atoms with van der Waals surface area (Å²) in [5.74, 6) is 0. The number of hydrogen-bond donors (Lipinski definition) is 4. The van der Waals surface area contributed by atoms with Gasteiger partial charge in [0.05, 0.1) is 11.6 Å². The highest BCUT2D eigenvalue weighted by atomic mass is 35.5. The molecule has 2 amide bonds. The number of urea groups is 1. The molecule has 0 radical (unpaired) electrons.